The zero-order chi connectivity index (χ0) is 14.7. The number of rotatable bonds is 6. The molecule has 0 N–H and O–H groups in total. The Morgan fingerprint density at radius 1 is 1.00 bits per heavy atom. The number of benzene rings is 2. The van der Waals surface area contributed by atoms with Crippen LogP contribution in [-0.2, 0) is 6.54 Å². The molecule has 0 saturated carbocycles. The molecule has 3 atom stereocenters. The molecule has 0 aromatic heterocycles. The summed E-state index contributed by atoms with van der Waals surface area (Å²) in [5.41, 5.74) is 2.11. The lowest BCUT2D eigenvalue weighted by molar-refractivity contribution is 0.0973. The quantitative estimate of drug-likeness (QED) is 0.590. The van der Waals surface area contributed by atoms with Gasteiger partial charge in [0.15, 0.2) is 5.78 Å². The van der Waals surface area contributed by atoms with Crippen molar-refractivity contribution in [3.05, 3.63) is 71.8 Å². The molecule has 0 spiro atoms. The van der Waals surface area contributed by atoms with Gasteiger partial charge in [-0.15, -0.1) is 0 Å². The van der Waals surface area contributed by atoms with Gasteiger partial charge in [0, 0.05) is 18.2 Å². The summed E-state index contributed by atoms with van der Waals surface area (Å²) in [6.45, 7) is 3.05. The van der Waals surface area contributed by atoms with E-state index in [-0.39, 0.29) is 11.8 Å². The lowest BCUT2D eigenvalue weighted by Crippen LogP contribution is -2.13. The van der Waals surface area contributed by atoms with E-state index < -0.39 is 0 Å². The van der Waals surface area contributed by atoms with Gasteiger partial charge in [0.2, 0.25) is 0 Å². The maximum Gasteiger partial charge on any atom is 0.181 e. The summed E-state index contributed by atoms with van der Waals surface area (Å²) in [5.74, 6) is 0.269. The van der Waals surface area contributed by atoms with Crippen molar-refractivity contribution in [2.45, 2.75) is 38.4 Å². The molecule has 0 radical (unpaired) electrons. The maximum atomic E-state index is 12.7. The molecule has 2 nitrogen and oxygen atoms in total. The number of carbonyl (C=O) groups is 1. The second kappa shape index (κ2) is 6.23. The maximum absolute atomic E-state index is 12.7. The summed E-state index contributed by atoms with van der Waals surface area (Å²) >= 11 is 0. The summed E-state index contributed by atoms with van der Waals surface area (Å²) in [7, 11) is 0. The largest absolute Gasteiger partial charge is 0.292 e. The molecule has 21 heavy (non-hydrogen) atoms. The molecule has 2 aromatic carbocycles. The van der Waals surface area contributed by atoms with Crippen LogP contribution in [0.5, 0.6) is 0 Å². The second-order valence-electron chi connectivity index (χ2n) is 5.69. The summed E-state index contributed by atoms with van der Waals surface area (Å²) in [6, 6.07) is 20.5. The van der Waals surface area contributed by atoms with Crippen LogP contribution in [0.3, 0.4) is 0 Å². The van der Waals surface area contributed by atoms with E-state index >= 15 is 0 Å². The highest BCUT2D eigenvalue weighted by atomic mass is 16.1. The van der Waals surface area contributed by atoms with Gasteiger partial charge in [-0.3, -0.25) is 9.69 Å². The summed E-state index contributed by atoms with van der Waals surface area (Å²) in [4.78, 5) is 15.0. The van der Waals surface area contributed by atoms with Gasteiger partial charge in [0.1, 0.15) is 0 Å². The molecule has 3 rings (SSSR count). The summed E-state index contributed by atoms with van der Waals surface area (Å²) < 4.78 is 0. The third kappa shape index (κ3) is 3.06. The molecule has 0 bridgehead atoms. The van der Waals surface area contributed by atoms with Crippen molar-refractivity contribution in [3.8, 4) is 0 Å². The molecule has 0 amide bonds. The van der Waals surface area contributed by atoms with Crippen LogP contribution in [0.15, 0.2) is 60.7 Å². The van der Waals surface area contributed by atoms with E-state index in [0.717, 1.165) is 24.9 Å². The Bertz CT molecular complexity index is 593. The first-order chi connectivity index (χ1) is 10.3. The smallest absolute Gasteiger partial charge is 0.181 e. The van der Waals surface area contributed by atoms with Crippen LogP contribution in [0.2, 0.25) is 0 Å². The van der Waals surface area contributed by atoms with Crippen LogP contribution in [0, 0.1) is 0 Å². The molecule has 2 heteroatoms. The molecule has 108 valence electrons. The normalized spacial score (nSPS) is 23.8. The van der Waals surface area contributed by atoms with Crippen LogP contribution in [0.25, 0.3) is 0 Å². The van der Waals surface area contributed by atoms with Crippen LogP contribution < -0.4 is 0 Å². The van der Waals surface area contributed by atoms with E-state index in [1.165, 1.54) is 5.56 Å². The number of hydrogen-bond donors (Lipinski definition) is 0. The van der Waals surface area contributed by atoms with Crippen LogP contribution in [0.1, 0.15) is 35.7 Å². The van der Waals surface area contributed by atoms with E-state index in [4.69, 9.17) is 0 Å². The average molecular weight is 279 g/mol. The standard InChI is InChI=1S/C19H21NO/c1-2-9-17-18(19(21)16-12-7-4-8-13-16)20(17)14-15-10-5-3-6-11-15/h3-8,10-13,17-18H,2,9,14H2,1H3/t17-,18+,20?/m1/s1. The molecule has 1 saturated heterocycles. The molecular formula is C19H21NO. The van der Waals surface area contributed by atoms with Gasteiger partial charge in [-0.2, -0.15) is 0 Å². The van der Waals surface area contributed by atoms with Crippen molar-refractivity contribution in [3.63, 3.8) is 0 Å². The molecule has 1 unspecified atom stereocenters. The molecule has 2 aromatic rings. The van der Waals surface area contributed by atoms with Crippen LogP contribution >= 0.6 is 0 Å². The van der Waals surface area contributed by atoms with Crippen molar-refractivity contribution < 1.29 is 4.79 Å². The highest BCUT2D eigenvalue weighted by Crippen LogP contribution is 2.36. The van der Waals surface area contributed by atoms with E-state index in [2.05, 4.69) is 36.1 Å². The van der Waals surface area contributed by atoms with E-state index in [1.807, 2.05) is 36.4 Å². The molecule has 1 aliphatic heterocycles. The Hall–Kier alpha value is -1.93. The first kappa shape index (κ1) is 14.0. The SMILES string of the molecule is CCC[C@@H]1[C@@H](C(=O)c2ccccc2)N1Cc1ccccc1. The summed E-state index contributed by atoms with van der Waals surface area (Å²) in [6.07, 6.45) is 2.21. The molecule has 1 fully saturated rings. The third-order valence-electron chi connectivity index (χ3n) is 4.18. The predicted molar refractivity (Wildman–Crippen MR) is 85.2 cm³/mol. The highest BCUT2D eigenvalue weighted by Gasteiger charge is 2.50. The monoisotopic (exact) mass is 279 g/mol. The first-order valence-corrected chi connectivity index (χ1v) is 7.70. The van der Waals surface area contributed by atoms with Crippen LogP contribution in [-0.4, -0.2) is 22.8 Å². The van der Waals surface area contributed by atoms with Gasteiger partial charge in [-0.1, -0.05) is 74.0 Å². The first-order valence-electron chi connectivity index (χ1n) is 7.70. The number of Topliss-reactive ketones (excluding diaryl/α,β-unsaturated/α-hetero) is 1. The van der Waals surface area contributed by atoms with Crippen molar-refractivity contribution in [1.29, 1.82) is 0 Å². The zero-order valence-corrected chi connectivity index (χ0v) is 12.4. The third-order valence-corrected chi connectivity index (χ3v) is 4.18. The molecule has 1 heterocycles. The van der Waals surface area contributed by atoms with Crippen molar-refractivity contribution in [2.24, 2.45) is 0 Å². The Morgan fingerprint density at radius 3 is 2.24 bits per heavy atom. The van der Waals surface area contributed by atoms with Gasteiger partial charge in [-0.25, -0.2) is 0 Å². The zero-order valence-electron chi connectivity index (χ0n) is 12.4. The fraction of sp³-hybridized carbons (Fsp3) is 0.316. The highest BCUT2D eigenvalue weighted by molar-refractivity contribution is 6.02. The number of hydrogen-bond acceptors (Lipinski definition) is 2. The van der Waals surface area contributed by atoms with Gasteiger partial charge in [0.05, 0.1) is 6.04 Å². The van der Waals surface area contributed by atoms with Gasteiger partial charge < -0.3 is 0 Å². The van der Waals surface area contributed by atoms with Gasteiger partial charge in [0.25, 0.3) is 0 Å². The topological polar surface area (TPSA) is 20.1 Å². The second-order valence-corrected chi connectivity index (χ2v) is 5.69. The van der Waals surface area contributed by atoms with Crippen LogP contribution in [0.4, 0.5) is 0 Å². The fourth-order valence-electron chi connectivity index (χ4n) is 3.06. The Kier molecular flexibility index (Phi) is 4.16. The van der Waals surface area contributed by atoms with Crippen molar-refractivity contribution in [2.75, 3.05) is 0 Å². The average Bonchev–Trinajstić information content (AvgIpc) is 3.21. The minimum atomic E-state index is 0.0626. The lowest BCUT2D eigenvalue weighted by atomic mass is 10.1. The Labute approximate surface area is 126 Å². The van der Waals surface area contributed by atoms with E-state index in [9.17, 15) is 4.79 Å². The summed E-state index contributed by atoms with van der Waals surface area (Å²) in [5, 5.41) is 0. The Balaban J connectivity index is 1.73. The van der Waals surface area contributed by atoms with E-state index in [1.54, 1.807) is 0 Å². The van der Waals surface area contributed by atoms with Crippen molar-refractivity contribution in [1.82, 2.24) is 4.90 Å². The Morgan fingerprint density at radius 2 is 1.62 bits per heavy atom. The molecule has 0 aliphatic carbocycles. The fourth-order valence-corrected chi connectivity index (χ4v) is 3.06. The number of ketones is 1. The van der Waals surface area contributed by atoms with Gasteiger partial charge in [-0.05, 0) is 12.0 Å². The number of carbonyl (C=O) groups excluding carboxylic acids is 1. The van der Waals surface area contributed by atoms with E-state index in [0.29, 0.717) is 6.04 Å². The minimum Gasteiger partial charge on any atom is -0.292 e. The molecule has 1 aliphatic rings. The lowest BCUT2D eigenvalue weighted by Gasteiger charge is -2.04. The van der Waals surface area contributed by atoms with Gasteiger partial charge >= 0.3 is 0 Å². The number of nitrogens with zero attached hydrogens (tertiary/aromatic N) is 1. The predicted octanol–water partition coefficient (Wildman–Crippen LogP) is 3.92. The van der Waals surface area contributed by atoms with Crippen molar-refractivity contribution >= 4 is 5.78 Å². The molecular weight excluding hydrogens is 258 g/mol. The minimum absolute atomic E-state index is 0.0626.